The number of hydrogen-bond acceptors (Lipinski definition) is 4. The van der Waals surface area contributed by atoms with Gasteiger partial charge in [-0.2, -0.15) is 0 Å². The van der Waals surface area contributed by atoms with Crippen molar-refractivity contribution in [3.8, 4) is 11.1 Å². The molecule has 2 saturated heterocycles. The van der Waals surface area contributed by atoms with Crippen molar-refractivity contribution in [3.63, 3.8) is 0 Å². The summed E-state index contributed by atoms with van der Waals surface area (Å²) in [5.41, 5.74) is 2.66. The van der Waals surface area contributed by atoms with Gasteiger partial charge in [0.2, 0.25) is 0 Å². The Morgan fingerprint density at radius 2 is 1.50 bits per heavy atom. The Labute approximate surface area is 213 Å². The largest absolute Gasteiger partial charge is 0.337 e. The van der Waals surface area contributed by atoms with Gasteiger partial charge < -0.3 is 15.1 Å². The SMILES string of the molecule is O=C(c1ccccc1)N1CC[C@H](NC2CN(C(=O)c3sc4ccc(-c5ccccc5)cc4c3F)C2)C1. The van der Waals surface area contributed by atoms with Crippen molar-refractivity contribution >= 4 is 33.2 Å². The lowest BCUT2D eigenvalue weighted by molar-refractivity contribution is 0.0553. The van der Waals surface area contributed by atoms with Crippen molar-refractivity contribution in [2.75, 3.05) is 26.2 Å². The van der Waals surface area contributed by atoms with E-state index < -0.39 is 5.82 Å². The first kappa shape index (κ1) is 22.9. The van der Waals surface area contributed by atoms with Gasteiger partial charge in [0, 0.05) is 53.9 Å². The van der Waals surface area contributed by atoms with Crippen LogP contribution in [0.3, 0.4) is 0 Å². The second-order valence-electron chi connectivity index (χ2n) is 9.50. The Morgan fingerprint density at radius 1 is 0.806 bits per heavy atom. The number of likely N-dealkylation sites (tertiary alicyclic amines) is 2. The Kier molecular flexibility index (Phi) is 6.03. The first-order chi connectivity index (χ1) is 17.6. The van der Waals surface area contributed by atoms with Gasteiger partial charge in [0.25, 0.3) is 11.8 Å². The molecule has 1 atom stereocenters. The molecule has 0 radical (unpaired) electrons. The predicted molar refractivity (Wildman–Crippen MR) is 141 cm³/mol. The minimum atomic E-state index is -0.431. The van der Waals surface area contributed by atoms with Crippen LogP contribution in [0.1, 0.15) is 26.5 Å². The molecule has 6 rings (SSSR count). The van der Waals surface area contributed by atoms with Crippen LogP contribution in [0.5, 0.6) is 0 Å². The van der Waals surface area contributed by atoms with Crippen LogP contribution in [-0.4, -0.2) is 59.9 Å². The first-order valence-electron chi connectivity index (χ1n) is 12.2. The molecule has 0 unspecified atom stereocenters. The van der Waals surface area contributed by atoms with Gasteiger partial charge in [0.15, 0.2) is 5.82 Å². The standard InChI is InChI=1S/C29H26FN3O2S/c30-26-24-15-21(19-7-3-1-4-8-19)11-12-25(24)36-27(26)29(35)33-17-23(18-33)31-22-13-14-32(16-22)28(34)20-9-5-2-6-10-20/h1-12,15,22-23,31H,13-14,16-18H2/t22-/m0/s1. The lowest BCUT2D eigenvalue weighted by Gasteiger charge is -2.40. The molecule has 0 saturated carbocycles. The molecule has 2 fully saturated rings. The molecule has 1 aromatic heterocycles. The smallest absolute Gasteiger partial charge is 0.267 e. The molecule has 2 aliphatic rings. The van der Waals surface area contributed by atoms with E-state index in [1.54, 1.807) is 4.90 Å². The summed E-state index contributed by atoms with van der Waals surface area (Å²) in [4.78, 5) is 29.5. The van der Waals surface area contributed by atoms with Crippen LogP contribution < -0.4 is 5.32 Å². The summed E-state index contributed by atoms with van der Waals surface area (Å²) < 4.78 is 16.1. The monoisotopic (exact) mass is 499 g/mol. The van der Waals surface area contributed by atoms with Crippen LogP contribution in [0.4, 0.5) is 4.39 Å². The third-order valence-corrected chi connectivity index (χ3v) is 8.20. The van der Waals surface area contributed by atoms with E-state index in [4.69, 9.17) is 0 Å². The fourth-order valence-corrected chi connectivity index (χ4v) is 6.12. The average Bonchev–Trinajstić information content (AvgIpc) is 3.50. The van der Waals surface area contributed by atoms with Crippen molar-refractivity contribution in [1.82, 2.24) is 15.1 Å². The van der Waals surface area contributed by atoms with Gasteiger partial charge in [-0.3, -0.25) is 9.59 Å². The molecule has 5 nitrogen and oxygen atoms in total. The molecule has 36 heavy (non-hydrogen) atoms. The van der Waals surface area contributed by atoms with Gasteiger partial charge >= 0.3 is 0 Å². The topological polar surface area (TPSA) is 52.7 Å². The lowest BCUT2D eigenvalue weighted by Crippen LogP contribution is -2.62. The van der Waals surface area contributed by atoms with Gasteiger partial charge in [0.05, 0.1) is 0 Å². The maximum Gasteiger partial charge on any atom is 0.267 e. The number of carbonyl (C=O) groups is 2. The highest BCUT2D eigenvalue weighted by Crippen LogP contribution is 2.34. The zero-order valence-corrected chi connectivity index (χ0v) is 20.5. The Hall–Kier alpha value is -3.55. The van der Waals surface area contributed by atoms with E-state index in [0.29, 0.717) is 30.6 Å². The van der Waals surface area contributed by atoms with Crippen LogP contribution in [0.25, 0.3) is 21.2 Å². The quantitative estimate of drug-likeness (QED) is 0.419. The highest BCUT2D eigenvalue weighted by molar-refractivity contribution is 7.20. The average molecular weight is 500 g/mol. The maximum absolute atomic E-state index is 15.3. The minimum Gasteiger partial charge on any atom is -0.337 e. The molecule has 3 aromatic carbocycles. The first-order valence-corrected chi connectivity index (χ1v) is 13.1. The zero-order chi connectivity index (χ0) is 24.6. The van der Waals surface area contributed by atoms with Crippen LogP contribution >= 0.6 is 11.3 Å². The molecular formula is C29H26FN3O2S. The van der Waals surface area contributed by atoms with Crippen molar-refractivity contribution < 1.29 is 14.0 Å². The molecule has 4 aromatic rings. The third kappa shape index (κ3) is 4.29. The molecular weight excluding hydrogens is 473 g/mol. The van der Waals surface area contributed by atoms with Gasteiger partial charge in [-0.1, -0.05) is 54.6 Å². The van der Waals surface area contributed by atoms with E-state index in [1.807, 2.05) is 83.8 Å². The number of carbonyl (C=O) groups excluding carboxylic acids is 2. The minimum absolute atomic E-state index is 0.0565. The molecule has 0 spiro atoms. The Balaban J connectivity index is 1.07. The summed E-state index contributed by atoms with van der Waals surface area (Å²) >= 11 is 1.22. The number of rotatable bonds is 5. The highest BCUT2D eigenvalue weighted by atomic mass is 32.1. The summed E-state index contributed by atoms with van der Waals surface area (Å²) in [6, 6.07) is 25.2. The van der Waals surface area contributed by atoms with Crippen molar-refractivity contribution in [1.29, 1.82) is 0 Å². The van der Waals surface area contributed by atoms with E-state index in [9.17, 15) is 9.59 Å². The van der Waals surface area contributed by atoms with E-state index >= 15 is 4.39 Å². The molecule has 2 aliphatic heterocycles. The lowest BCUT2D eigenvalue weighted by atomic mass is 10.0. The number of halogens is 1. The van der Waals surface area contributed by atoms with E-state index in [2.05, 4.69) is 5.32 Å². The normalized spacial score (nSPS) is 18.0. The summed E-state index contributed by atoms with van der Waals surface area (Å²) in [7, 11) is 0. The fourth-order valence-electron chi connectivity index (χ4n) is 5.09. The number of thiophene rings is 1. The molecule has 0 bridgehead atoms. The van der Waals surface area contributed by atoms with Crippen LogP contribution in [0.15, 0.2) is 78.9 Å². The molecule has 182 valence electrons. The summed E-state index contributed by atoms with van der Waals surface area (Å²) in [5.74, 6) is -0.624. The van der Waals surface area contributed by atoms with Gasteiger partial charge in [0.1, 0.15) is 4.88 Å². The van der Waals surface area contributed by atoms with Gasteiger partial charge in [-0.05, 0) is 41.8 Å². The zero-order valence-electron chi connectivity index (χ0n) is 19.7. The summed E-state index contributed by atoms with van der Waals surface area (Å²) in [6.07, 6.45) is 0.887. The Morgan fingerprint density at radius 3 is 2.25 bits per heavy atom. The number of benzene rings is 3. The van der Waals surface area contributed by atoms with Crippen LogP contribution in [-0.2, 0) is 0 Å². The van der Waals surface area contributed by atoms with Crippen molar-refractivity contribution in [2.24, 2.45) is 0 Å². The van der Waals surface area contributed by atoms with E-state index in [-0.39, 0.29) is 28.8 Å². The Bertz CT molecular complexity index is 1420. The van der Waals surface area contributed by atoms with Crippen molar-refractivity contribution in [3.05, 3.63) is 95.1 Å². The second kappa shape index (κ2) is 9.48. The number of nitrogens with one attached hydrogen (secondary N) is 1. The number of amides is 2. The number of fused-ring (bicyclic) bond motifs is 1. The second-order valence-corrected chi connectivity index (χ2v) is 10.6. The maximum atomic E-state index is 15.3. The molecule has 7 heteroatoms. The van der Waals surface area contributed by atoms with E-state index in [1.165, 1.54) is 11.3 Å². The fraction of sp³-hybridized carbons (Fsp3) is 0.241. The number of nitrogens with zero attached hydrogens (tertiary/aromatic N) is 2. The molecule has 0 aliphatic carbocycles. The van der Waals surface area contributed by atoms with Crippen LogP contribution in [0, 0.1) is 5.82 Å². The summed E-state index contributed by atoms with van der Waals surface area (Å²) in [5, 5.41) is 4.07. The molecule has 1 N–H and O–H groups in total. The number of hydrogen-bond donors (Lipinski definition) is 1. The van der Waals surface area contributed by atoms with Crippen LogP contribution in [0.2, 0.25) is 0 Å². The van der Waals surface area contributed by atoms with Gasteiger partial charge in [-0.25, -0.2) is 4.39 Å². The third-order valence-electron chi connectivity index (χ3n) is 7.07. The predicted octanol–water partition coefficient (Wildman–Crippen LogP) is 5.04. The van der Waals surface area contributed by atoms with Crippen molar-refractivity contribution in [2.45, 2.75) is 18.5 Å². The van der Waals surface area contributed by atoms with E-state index in [0.717, 1.165) is 28.8 Å². The highest BCUT2D eigenvalue weighted by Gasteiger charge is 2.36. The van der Waals surface area contributed by atoms with Gasteiger partial charge in [-0.15, -0.1) is 11.3 Å². The molecule has 3 heterocycles. The molecule has 2 amide bonds. The summed E-state index contributed by atoms with van der Waals surface area (Å²) in [6.45, 7) is 2.47.